The molecule has 0 unspecified atom stereocenters. The van der Waals surface area contributed by atoms with Crippen molar-refractivity contribution in [3.05, 3.63) is 29.3 Å². The van der Waals surface area contributed by atoms with Crippen molar-refractivity contribution in [2.75, 3.05) is 11.9 Å². The molecule has 0 radical (unpaired) electrons. The van der Waals surface area contributed by atoms with Crippen LogP contribution in [0.1, 0.15) is 19.3 Å². The van der Waals surface area contributed by atoms with Crippen LogP contribution in [-0.2, 0) is 14.3 Å². The van der Waals surface area contributed by atoms with Gasteiger partial charge in [0.1, 0.15) is 0 Å². The maximum atomic E-state index is 12.5. The highest BCUT2D eigenvalue weighted by Gasteiger charge is 2.42. The lowest BCUT2D eigenvalue weighted by atomic mass is 10.2. The number of hydrogen-bond donors (Lipinski definition) is 1. The van der Waals surface area contributed by atoms with Gasteiger partial charge in [-0.1, -0.05) is 11.6 Å². The fourth-order valence-electron chi connectivity index (χ4n) is 1.46. The summed E-state index contributed by atoms with van der Waals surface area (Å²) in [5.74, 6) is -5.83. The lowest BCUT2D eigenvalue weighted by Crippen LogP contribution is -2.33. The van der Waals surface area contributed by atoms with E-state index in [2.05, 4.69) is 10.1 Å². The molecule has 0 atom stereocenters. The van der Waals surface area contributed by atoms with Crippen molar-refractivity contribution < 1.29 is 31.9 Å². The fraction of sp³-hybridized carbons (Fsp3) is 0.429. The number of rotatable bonds is 8. The lowest BCUT2D eigenvalue weighted by Gasteiger charge is -2.14. The van der Waals surface area contributed by atoms with E-state index < -0.39 is 30.8 Å². The molecule has 1 aromatic rings. The third kappa shape index (κ3) is 7.32. The first-order valence-electron chi connectivity index (χ1n) is 6.58. The summed E-state index contributed by atoms with van der Waals surface area (Å²) in [5.41, 5.74) is 0.513. The molecule has 1 aromatic carbocycles. The zero-order valence-corrected chi connectivity index (χ0v) is 12.6. The van der Waals surface area contributed by atoms with Crippen molar-refractivity contribution in [1.82, 2.24) is 0 Å². The zero-order chi connectivity index (χ0) is 17.5. The second kappa shape index (κ2) is 8.71. The average Bonchev–Trinajstić information content (AvgIpc) is 2.47. The molecule has 0 aliphatic heterocycles. The molecule has 128 valence electrons. The minimum absolute atomic E-state index is 0.0402. The largest absolute Gasteiger partial charge is 0.459 e. The van der Waals surface area contributed by atoms with Gasteiger partial charge in [-0.3, -0.25) is 9.59 Å². The molecular weight excluding hydrogens is 342 g/mol. The number of nitrogens with one attached hydrogen (secondary N) is 1. The Kier molecular flexibility index (Phi) is 7.28. The lowest BCUT2D eigenvalue weighted by molar-refractivity contribution is -0.179. The molecule has 0 aromatic heterocycles. The van der Waals surface area contributed by atoms with Gasteiger partial charge in [-0.05, 0) is 30.7 Å². The molecule has 0 spiro atoms. The van der Waals surface area contributed by atoms with Crippen LogP contribution in [0.4, 0.5) is 23.2 Å². The minimum atomic E-state index is -4.37. The maximum Gasteiger partial charge on any atom is 0.340 e. The molecule has 1 rings (SSSR count). The number of anilines is 1. The van der Waals surface area contributed by atoms with Crippen LogP contribution in [0.5, 0.6) is 0 Å². The smallest absolute Gasteiger partial charge is 0.340 e. The summed E-state index contributed by atoms with van der Waals surface area (Å²) in [7, 11) is 0. The molecule has 0 saturated carbocycles. The van der Waals surface area contributed by atoms with Gasteiger partial charge in [-0.25, -0.2) is 8.78 Å². The molecule has 0 aliphatic carbocycles. The average molecular weight is 356 g/mol. The highest BCUT2D eigenvalue weighted by atomic mass is 35.5. The fourth-order valence-corrected chi connectivity index (χ4v) is 1.59. The Morgan fingerprint density at radius 3 is 2.35 bits per heavy atom. The van der Waals surface area contributed by atoms with Gasteiger partial charge in [0.25, 0.3) is 0 Å². The van der Waals surface area contributed by atoms with Gasteiger partial charge in [0.15, 0.2) is 6.61 Å². The third-order valence-corrected chi connectivity index (χ3v) is 2.91. The molecule has 0 bridgehead atoms. The third-order valence-electron chi connectivity index (χ3n) is 2.66. The topological polar surface area (TPSA) is 55.4 Å². The van der Waals surface area contributed by atoms with E-state index in [9.17, 15) is 27.2 Å². The summed E-state index contributed by atoms with van der Waals surface area (Å²) < 4.78 is 52.8. The minimum Gasteiger partial charge on any atom is -0.459 e. The van der Waals surface area contributed by atoms with E-state index in [1.165, 1.54) is 0 Å². The number of carbonyl (C=O) groups is 2. The molecular formula is C14H14ClF4NO3. The standard InChI is InChI=1S/C14H14ClF4NO3/c15-9-4-6-10(7-5-9)20-11(21)2-1-3-12(22)23-8-14(18,19)13(16)17/h4-7,13H,1-3,8H2,(H,20,21). The highest BCUT2D eigenvalue weighted by Crippen LogP contribution is 2.23. The molecule has 23 heavy (non-hydrogen) atoms. The van der Waals surface area contributed by atoms with Crippen LogP contribution in [0.15, 0.2) is 24.3 Å². The van der Waals surface area contributed by atoms with Crippen LogP contribution in [0.25, 0.3) is 0 Å². The van der Waals surface area contributed by atoms with Crippen molar-refractivity contribution in [3.63, 3.8) is 0 Å². The second-order valence-electron chi connectivity index (χ2n) is 4.63. The number of ether oxygens (including phenoxy) is 1. The molecule has 0 fully saturated rings. The van der Waals surface area contributed by atoms with Crippen LogP contribution < -0.4 is 5.32 Å². The highest BCUT2D eigenvalue weighted by molar-refractivity contribution is 6.30. The Balaban J connectivity index is 2.24. The molecule has 0 heterocycles. The summed E-state index contributed by atoms with van der Waals surface area (Å²) in [4.78, 5) is 22.7. The van der Waals surface area contributed by atoms with Crippen molar-refractivity contribution >= 4 is 29.2 Å². The van der Waals surface area contributed by atoms with E-state index in [0.29, 0.717) is 10.7 Å². The quantitative estimate of drug-likeness (QED) is 0.568. The first-order valence-corrected chi connectivity index (χ1v) is 6.95. The second-order valence-corrected chi connectivity index (χ2v) is 5.07. The summed E-state index contributed by atoms with van der Waals surface area (Å²) in [6.07, 6.45) is -4.24. The number of benzene rings is 1. The molecule has 1 amide bonds. The van der Waals surface area contributed by atoms with Crippen LogP contribution in [0, 0.1) is 0 Å². The Hall–Kier alpha value is -1.83. The molecule has 1 N–H and O–H groups in total. The van der Waals surface area contributed by atoms with E-state index in [4.69, 9.17) is 11.6 Å². The Morgan fingerprint density at radius 1 is 1.17 bits per heavy atom. The Morgan fingerprint density at radius 2 is 1.78 bits per heavy atom. The summed E-state index contributed by atoms with van der Waals surface area (Å²) in [6.45, 7) is -1.68. The molecule has 4 nitrogen and oxygen atoms in total. The predicted octanol–water partition coefficient (Wildman–Crippen LogP) is 3.89. The monoisotopic (exact) mass is 355 g/mol. The molecule has 0 saturated heterocycles. The number of esters is 1. The van der Waals surface area contributed by atoms with Gasteiger partial charge < -0.3 is 10.1 Å². The normalized spacial score (nSPS) is 11.4. The van der Waals surface area contributed by atoms with E-state index >= 15 is 0 Å². The van der Waals surface area contributed by atoms with Gasteiger partial charge in [0.2, 0.25) is 5.91 Å². The zero-order valence-electron chi connectivity index (χ0n) is 11.8. The Bertz CT molecular complexity index is 537. The van der Waals surface area contributed by atoms with Gasteiger partial charge in [-0.2, -0.15) is 8.78 Å². The number of alkyl halides is 4. The van der Waals surface area contributed by atoms with Crippen LogP contribution in [0.2, 0.25) is 5.02 Å². The summed E-state index contributed by atoms with van der Waals surface area (Å²) in [5, 5.41) is 3.05. The van der Waals surface area contributed by atoms with Crippen molar-refractivity contribution in [3.8, 4) is 0 Å². The molecule has 0 aliphatic rings. The molecule has 9 heteroatoms. The Labute approximate surface area is 134 Å². The number of hydrogen-bond acceptors (Lipinski definition) is 3. The van der Waals surface area contributed by atoms with E-state index in [0.717, 1.165) is 0 Å². The SMILES string of the molecule is O=C(CCCC(=O)OCC(F)(F)C(F)F)Nc1ccc(Cl)cc1. The van der Waals surface area contributed by atoms with Crippen LogP contribution >= 0.6 is 11.6 Å². The maximum absolute atomic E-state index is 12.5. The van der Waals surface area contributed by atoms with Crippen molar-refractivity contribution in [1.29, 1.82) is 0 Å². The van der Waals surface area contributed by atoms with Gasteiger partial charge in [0, 0.05) is 23.6 Å². The van der Waals surface area contributed by atoms with Crippen LogP contribution in [-0.4, -0.2) is 30.8 Å². The summed E-state index contributed by atoms with van der Waals surface area (Å²) >= 11 is 5.68. The van der Waals surface area contributed by atoms with Crippen molar-refractivity contribution in [2.24, 2.45) is 0 Å². The summed E-state index contributed by atoms with van der Waals surface area (Å²) in [6, 6.07) is 6.33. The first kappa shape index (κ1) is 19.2. The first-order chi connectivity index (χ1) is 10.7. The van der Waals surface area contributed by atoms with E-state index in [-0.39, 0.29) is 19.3 Å². The van der Waals surface area contributed by atoms with E-state index in [1.54, 1.807) is 24.3 Å². The number of amides is 1. The van der Waals surface area contributed by atoms with Gasteiger partial charge in [-0.15, -0.1) is 0 Å². The number of carbonyl (C=O) groups excluding carboxylic acids is 2. The van der Waals surface area contributed by atoms with Gasteiger partial charge >= 0.3 is 18.3 Å². The predicted molar refractivity (Wildman–Crippen MR) is 75.8 cm³/mol. The number of halogens is 5. The van der Waals surface area contributed by atoms with Crippen LogP contribution in [0.3, 0.4) is 0 Å². The van der Waals surface area contributed by atoms with E-state index in [1.807, 2.05) is 0 Å². The van der Waals surface area contributed by atoms with Gasteiger partial charge in [0.05, 0.1) is 0 Å². The van der Waals surface area contributed by atoms with Crippen molar-refractivity contribution in [2.45, 2.75) is 31.6 Å².